The number of carboxylic acid groups (broad SMARTS) is 2. The van der Waals surface area contributed by atoms with E-state index in [4.69, 9.17) is 19.4 Å². The van der Waals surface area contributed by atoms with Gasteiger partial charge in [-0.2, -0.15) is 0 Å². The zero-order valence-corrected chi connectivity index (χ0v) is 9.45. The summed E-state index contributed by atoms with van der Waals surface area (Å²) in [5, 5.41) is 17.6. The first-order chi connectivity index (χ1) is 8.97. The number of aliphatic carboxylic acids is 1. The van der Waals surface area contributed by atoms with Crippen LogP contribution < -0.4 is 10.4 Å². The molecule has 1 aromatic heterocycles. The van der Waals surface area contributed by atoms with Crippen molar-refractivity contribution in [1.29, 1.82) is 0 Å². The molecule has 0 fully saturated rings. The van der Waals surface area contributed by atoms with Crippen molar-refractivity contribution in [2.75, 3.05) is 6.61 Å². The van der Waals surface area contributed by atoms with Gasteiger partial charge in [-0.05, 0) is 18.2 Å². The zero-order chi connectivity index (χ0) is 14.0. The summed E-state index contributed by atoms with van der Waals surface area (Å²) in [5.41, 5.74) is -1.32. The summed E-state index contributed by atoms with van der Waals surface area (Å²) in [6.07, 6.45) is 0. The molecule has 98 valence electrons. The standard InChI is InChI=1S/C12H8O7/c13-10(14)5-18-7-2-1-6-3-8(11(15)16)12(17)19-9(6)4-7/h1-4H,5H2,(H,13,14)(H,15,16). The summed E-state index contributed by atoms with van der Waals surface area (Å²) in [6.45, 7) is -0.525. The molecule has 1 aromatic carbocycles. The Hall–Kier alpha value is -2.83. The molecule has 7 nitrogen and oxygen atoms in total. The molecule has 2 aromatic rings. The van der Waals surface area contributed by atoms with E-state index in [1.807, 2.05) is 0 Å². The Morgan fingerprint density at radius 1 is 1.21 bits per heavy atom. The third-order valence-electron chi connectivity index (χ3n) is 2.30. The number of hydrogen-bond acceptors (Lipinski definition) is 5. The van der Waals surface area contributed by atoms with E-state index < -0.39 is 29.7 Å². The monoisotopic (exact) mass is 264 g/mol. The van der Waals surface area contributed by atoms with Gasteiger partial charge in [-0.25, -0.2) is 14.4 Å². The molecule has 0 atom stereocenters. The summed E-state index contributed by atoms with van der Waals surface area (Å²) in [7, 11) is 0. The van der Waals surface area contributed by atoms with E-state index in [9.17, 15) is 14.4 Å². The van der Waals surface area contributed by atoms with Crippen LogP contribution in [-0.4, -0.2) is 28.8 Å². The second-order valence-electron chi connectivity index (χ2n) is 3.63. The third-order valence-corrected chi connectivity index (χ3v) is 2.30. The van der Waals surface area contributed by atoms with Crippen LogP contribution in [0.15, 0.2) is 33.5 Å². The van der Waals surface area contributed by atoms with Crippen molar-refractivity contribution >= 4 is 22.9 Å². The number of rotatable bonds is 4. The van der Waals surface area contributed by atoms with Gasteiger partial charge in [-0.3, -0.25) is 0 Å². The van der Waals surface area contributed by atoms with E-state index in [0.717, 1.165) is 0 Å². The Morgan fingerprint density at radius 3 is 2.58 bits per heavy atom. The third kappa shape index (κ3) is 2.71. The van der Waals surface area contributed by atoms with Crippen LogP contribution in [0.1, 0.15) is 10.4 Å². The van der Waals surface area contributed by atoms with Gasteiger partial charge in [0.2, 0.25) is 0 Å². The van der Waals surface area contributed by atoms with Crippen molar-refractivity contribution in [3.63, 3.8) is 0 Å². The van der Waals surface area contributed by atoms with Crippen molar-refractivity contribution in [2.45, 2.75) is 0 Å². The molecular formula is C12H8O7. The Kier molecular flexibility index (Phi) is 3.19. The molecule has 2 rings (SSSR count). The van der Waals surface area contributed by atoms with Crippen LogP contribution in [-0.2, 0) is 4.79 Å². The van der Waals surface area contributed by atoms with Crippen molar-refractivity contribution < 1.29 is 29.0 Å². The number of fused-ring (bicyclic) bond motifs is 1. The minimum absolute atomic E-state index is 0.123. The average molecular weight is 264 g/mol. The second-order valence-corrected chi connectivity index (χ2v) is 3.63. The largest absolute Gasteiger partial charge is 0.482 e. The normalized spacial score (nSPS) is 10.3. The first-order valence-corrected chi connectivity index (χ1v) is 5.13. The van der Waals surface area contributed by atoms with Crippen LogP contribution in [0, 0.1) is 0 Å². The maximum absolute atomic E-state index is 11.4. The fraction of sp³-hybridized carbons (Fsp3) is 0.0833. The molecule has 0 amide bonds. The summed E-state index contributed by atoms with van der Waals surface area (Å²) < 4.78 is 9.75. The molecule has 2 N–H and O–H groups in total. The molecule has 0 saturated carbocycles. The predicted octanol–water partition coefficient (Wildman–Crippen LogP) is 0.955. The molecule has 0 bridgehead atoms. The van der Waals surface area contributed by atoms with Gasteiger partial charge in [0.1, 0.15) is 16.9 Å². The SMILES string of the molecule is O=C(O)COc1ccc2cc(C(=O)O)c(=O)oc2c1. The molecule has 7 heteroatoms. The molecular weight excluding hydrogens is 256 g/mol. The van der Waals surface area contributed by atoms with Crippen LogP contribution in [0.2, 0.25) is 0 Å². The summed E-state index contributed by atoms with van der Waals surface area (Å²) >= 11 is 0. The Balaban J connectivity index is 2.44. The zero-order valence-electron chi connectivity index (χ0n) is 9.45. The van der Waals surface area contributed by atoms with Gasteiger partial charge in [0.15, 0.2) is 6.61 Å². The lowest BCUT2D eigenvalue weighted by Crippen LogP contribution is -2.13. The fourth-order valence-corrected chi connectivity index (χ4v) is 1.48. The van der Waals surface area contributed by atoms with Crippen LogP contribution in [0.25, 0.3) is 11.0 Å². The minimum Gasteiger partial charge on any atom is -0.482 e. The minimum atomic E-state index is -1.37. The maximum Gasteiger partial charge on any atom is 0.351 e. The first kappa shape index (κ1) is 12.6. The lowest BCUT2D eigenvalue weighted by molar-refractivity contribution is -0.139. The maximum atomic E-state index is 11.4. The lowest BCUT2D eigenvalue weighted by atomic mass is 10.2. The Morgan fingerprint density at radius 2 is 1.95 bits per heavy atom. The number of ether oxygens (including phenoxy) is 1. The van der Waals surface area contributed by atoms with Gasteiger partial charge < -0.3 is 19.4 Å². The van der Waals surface area contributed by atoms with Gasteiger partial charge in [0, 0.05) is 11.5 Å². The molecule has 0 saturated heterocycles. The van der Waals surface area contributed by atoms with Gasteiger partial charge in [-0.15, -0.1) is 0 Å². The first-order valence-electron chi connectivity index (χ1n) is 5.13. The van der Waals surface area contributed by atoms with Crippen molar-refractivity contribution in [3.05, 3.63) is 40.2 Å². The molecule has 0 spiro atoms. The van der Waals surface area contributed by atoms with E-state index in [-0.39, 0.29) is 11.3 Å². The highest BCUT2D eigenvalue weighted by molar-refractivity contribution is 5.91. The van der Waals surface area contributed by atoms with Crippen LogP contribution in [0.3, 0.4) is 0 Å². The highest BCUT2D eigenvalue weighted by Crippen LogP contribution is 2.20. The topological polar surface area (TPSA) is 114 Å². The average Bonchev–Trinajstić information content (AvgIpc) is 2.34. The highest BCUT2D eigenvalue weighted by atomic mass is 16.5. The molecule has 0 aliphatic heterocycles. The summed E-state index contributed by atoms with van der Waals surface area (Å²) in [4.78, 5) is 32.5. The van der Waals surface area contributed by atoms with Crippen molar-refractivity contribution in [3.8, 4) is 5.75 Å². The highest BCUT2D eigenvalue weighted by Gasteiger charge is 2.12. The van der Waals surface area contributed by atoms with E-state index >= 15 is 0 Å². The van der Waals surface area contributed by atoms with Crippen molar-refractivity contribution in [1.82, 2.24) is 0 Å². The molecule has 0 unspecified atom stereocenters. The smallest absolute Gasteiger partial charge is 0.351 e. The number of carbonyl (C=O) groups is 2. The molecule has 0 radical (unpaired) electrons. The van der Waals surface area contributed by atoms with Crippen LogP contribution in [0.5, 0.6) is 5.75 Å². The number of benzene rings is 1. The number of carboxylic acids is 2. The fourth-order valence-electron chi connectivity index (χ4n) is 1.48. The number of hydrogen-bond donors (Lipinski definition) is 2. The Labute approximate surface area is 105 Å². The molecule has 19 heavy (non-hydrogen) atoms. The number of aromatic carboxylic acids is 1. The molecule has 1 heterocycles. The predicted molar refractivity (Wildman–Crippen MR) is 62.6 cm³/mol. The van der Waals surface area contributed by atoms with E-state index in [0.29, 0.717) is 5.39 Å². The lowest BCUT2D eigenvalue weighted by Gasteiger charge is -2.04. The van der Waals surface area contributed by atoms with E-state index in [2.05, 4.69) is 0 Å². The van der Waals surface area contributed by atoms with E-state index in [1.54, 1.807) is 0 Å². The van der Waals surface area contributed by atoms with Gasteiger partial charge in [0.25, 0.3) is 0 Å². The van der Waals surface area contributed by atoms with Gasteiger partial charge in [0.05, 0.1) is 0 Å². The second kappa shape index (κ2) is 4.81. The van der Waals surface area contributed by atoms with Gasteiger partial charge >= 0.3 is 17.6 Å². The van der Waals surface area contributed by atoms with Gasteiger partial charge in [-0.1, -0.05) is 0 Å². The van der Waals surface area contributed by atoms with Crippen LogP contribution >= 0.6 is 0 Å². The van der Waals surface area contributed by atoms with Crippen molar-refractivity contribution in [2.24, 2.45) is 0 Å². The summed E-state index contributed by atoms with van der Waals surface area (Å²) in [5.74, 6) is -2.30. The Bertz CT molecular complexity index is 714. The van der Waals surface area contributed by atoms with Crippen LogP contribution in [0.4, 0.5) is 0 Å². The van der Waals surface area contributed by atoms with E-state index in [1.165, 1.54) is 24.3 Å². The molecule has 0 aliphatic rings. The quantitative estimate of drug-likeness (QED) is 0.790. The summed E-state index contributed by atoms with van der Waals surface area (Å²) in [6, 6.07) is 5.44. The molecule has 0 aliphatic carbocycles.